The number of nitrogens with one attached hydrogen (secondary N) is 2. The van der Waals surface area contributed by atoms with Crippen molar-refractivity contribution in [1.82, 2.24) is 4.98 Å². The van der Waals surface area contributed by atoms with Gasteiger partial charge in [0.25, 0.3) is 5.91 Å². The minimum atomic E-state index is -0.251. The van der Waals surface area contributed by atoms with Crippen LogP contribution in [0, 0.1) is 0 Å². The van der Waals surface area contributed by atoms with Gasteiger partial charge in [-0.3, -0.25) is 4.79 Å². The van der Waals surface area contributed by atoms with Crippen molar-refractivity contribution in [1.29, 1.82) is 0 Å². The molecule has 3 aromatic rings. The Morgan fingerprint density at radius 3 is 2.39 bits per heavy atom. The Hall–Kier alpha value is -3.54. The number of anilines is 3. The fourth-order valence-corrected chi connectivity index (χ4v) is 2.58. The van der Waals surface area contributed by atoms with E-state index in [-0.39, 0.29) is 12.0 Å². The van der Waals surface area contributed by atoms with Gasteiger partial charge in [0, 0.05) is 11.9 Å². The molecule has 144 valence electrons. The van der Waals surface area contributed by atoms with Gasteiger partial charge in [0.15, 0.2) is 0 Å². The van der Waals surface area contributed by atoms with E-state index >= 15 is 0 Å². The number of carbonyl (C=O) groups excluding carboxylic acids is 1. The summed E-state index contributed by atoms with van der Waals surface area (Å²) in [5.41, 5.74) is 1.95. The summed E-state index contributed by atoms with van der Waals surface area (Å²) in [7, 11) is 1.56. The normalized spacial score (nSPS) is 10.4. The second-order valence-corrected chi connectivity index (χ2v) is 6.40. The molecular weight excluding hydrogens is 354 g/mol. The maximum absolute atomic E-state index is 12.4. The number of methoxy groups -OCH3 is 1. The van der Waals surface area contributed by atoms with Gasteiger partial charge in [-0.1, -0.05) is 12.1 Å². The molecule has 0 saturated heterocycles. The number of para-hydroxylation sites is 2. The summed E-state index contributed by atoms with van der Waals surface area (Å²) in [5.74, 6) is 1.81. The van der Waals surface area contributed by atoms with Crippen LogP contribution in [0.1, 0.15) is 24.2 Å². The average Bonchev–Trinajstić information content (AvgIpc) is 2.70. The van der Waals surface area contributed by atoms with E-state index in [0.717, 1.165) is 11.4 Å². The zero-order valence-electron chi connectivity index (χ0n) is 16.1. The lowest BCUT2D eigenvalue weighted by Crippen LogP contribution is -2.13. The molecule has 1 aromatic heterocycles. The Morgan fingerprint density at radius 1 is 1.00 bits per heavy atom. The van der Waals surface area contributed by atoms with Crippen LogP contribution in [-0.4, -0.2) is 24.1 Å². The van der Waals surface area contributed by atoms with Crippen molar-refractivity contribution in [3.8, 4) is 11.5 Å². The predicted molar refractivity (Wildman–Crippen MR) is 111 cm³/mol. The maximum Gasteiger partial charge on any atom is 0.257 e. The molecule has 3 rings (SSSR count). The zero-order chi connectivity index (χ0) is 19.9. The molecule has 1 amide bonds. The number of hydrogen-bond donors (Lipinski definition) is 2. The van der Waals surface area contributed by atoms with E-state index in [1.54, 1.807) is 31.4 Å². The number of ether oxygens (including phenoxy) is 2. The van der Waals surface area contributed by atoms with Crippen molar-refractivity contribution in [2.45, 2.75) is 20.0 Å². The van der Waals surface area contributed by atoms with Crippen LogP contribution in [0.2, 0.25) is 0 Å². The number of carbonyl (C=O) groups is 1. The smallest absolute Gasteiger partial charge is 0.257 e. The van der Waals surface area contributed by atoms with Gasteiger partial charge in [-0.25, -0.2) is 4.98 Å². The molecule has 6 heteroatoms. The van der Waals surface area contributed by atoms with Crippen molar-refractivity contribution < 1.29 is 14.3 Å². The highest BCUT2D eigenvalue weighted by Gasteiger charge is 2.10. The molecule has 0 radical (unpaired) electrons. The first-order chi connectivity index (χ1) is 13.5. The summed E-state index contributed by atoms with van der Waals surface area (Å²) < 4.78 is 10.9. The van der Waals surface area contributed by atoms with Crippen LogP contribution in [0.3, 0.4) is 0 Å². The Kier molecular flexibility index (Phi) is 6.11. The molecule has 0 fully saturated rings. The Labute approximate surface area is 164 Å². The summed E-state index contributed by atoms with van der Waals surface area (Å²) in [4.78, 5) is 16.8. The highest BCUT2D eigenvalue weighted by atomic mass is 16.5. The standard InChI is InChI=1S/C22H23N3O3/c1-15(2)28-18-11-9-17(10-12-18)24-21-13-8-16(14-23-21)22(26)25-19-6-4-5-7-20(19)27-3/h4-15H,1-3H3,(H,23,24)(H,25,26). The van der Waals surface area contributed by atoms with E-state index in [1.165, 1.54) is 6.20 Å². The van der Waals surface area contributed by atoms with Crippen molar-refractivity contribution in [3.63, 3.8) is 0 Å². The number of amides is 1. The third-order valence-corrected chi connectivity index (χ3v) is 3.88. The molecular formula is C22H23N3O3. The van der Waals surface area contributed by atoms with Crippen molar-refractivity contribution in [3.05, 3.63) is 72.4 Å². The van der Waals surface area contributed by atoms with Gasteiger partial charge in [-0.05, 0) is 62.4 Å². The second kappa shape index (κ2) is 8.90. The van der Waals surface area contributed by atoms with Crippen LogP contribution in [0.5, 0.6) is 11.5 Å². The second-order valence-electron chi connectivity index (χ2n) is 6.40. The third-order valence-electron chi connectivity index (χ3n) is 3.88. The number of nitrogens with zero attached hydrogens (tertiary/aromatic N) is 1. The van der Waals surface area contributed by atoms with Crippen LogP contribution >= 0.6 is 0 Å². The molecule has 2 aromatic carbocycles. The number of pyridine rings is 1. The molecule has 28 heavy (non-hydrogen) atoms. The van der Waals surface area contributed by atoms with Gasteiger partial charge in [0.2, 0.25) is 0 Å². The molecule has 6 nitrogen and oxygen atoms in total. The van der Waals surface area contributed by atoms with E-state index in [0.29, 0.717) is 22.8 Å². The van der Waals surface area contributed by atoms with Crippen LogP contribution < -0.4 is 20.1 Å². The fourth-order valence-electron chi connectivity index (χ4n) is 2.58. The summed E-state index contributed by atoms with van der Waals surface area (Å²) in [6, 6.07) is 18.4. The average molecular weight is 377 g/mol. The quantitative estimate of drug-likeness (QED) is 0.614. The van der Waals surface area contributed by atoms with Gasteiger partial charge in [0.05, 0.1) is 24.5 Å². The number of benzene rings is 2. The minimum Gasteiger partial charge on any atom is -0.495 e. The monoisotopic (exact) mass is 377 g/mol. The van der Waals surface area contributed by atoms with Gasteiger partial charge in [0.1, 0.15) is 17.3 Å². The molecule has 0 aliphatic heterocycles. The van der Waals surface area contributed by atoms with Gasteiger partial charge >= 0.3 is 0 Å². The summed E-state index contributed by atoms with van der Waals surface area (Å²) in [5, 5.41) is 6.03. The topological polar surface area (TPSA) is 72.5 Å². The van der Waals surface area contributed by atoms with Gasteiger partial charge in [-0.2, -0.15) is 0 Å². The molecule has 0 saturated carbocycles. The first-order valence-electron chi connectivity index (χ1n) is 8.99. The number of rotatable bonds is 7. The number of hydrogen-bond acceptors (Lipinski definition) is 5. The van der Waals surface area contributed by atoms with Gasteiger partial charge < -0.3 is 20.1 Å². The maximum atomic E-state index is 12.4. The number of aromatic nitrogens is 1. The zero-order valence-corrected chi connectivity index (χ0v) is 16.1. The molecule has 0 spiro atoms. The Bertz CT molecular complexity index is 923. The lowest BCUT2D eigenvalue weighted by molar-refractivity contribution is 0.102. The third kappa shape index (κ3) is 5.01. The molecule has 0 aliphatic carbocycles. The van der Waals surface area contributed by atoms with Crippen molar-refractivity contribution in [2.75, 3.05) is 17.7 Å². The highest BCUT2D eigenvalue weighted by Crippen LogP contribution is 2.24. The van der Waals surface area contributed by atoms with Crippen molar-refractivity contribution in [2.24, 2.45) is 0 Å². The lowest BCUT2D eigenvalue weighted by Gasteiger charge is -2.11. The largest absolute Gasteiger partial charge is 0.495 e. The fraction of sp³-hybridized carbons (Fsp3) is 0.182. The highest BCUT2D eigenvalue weighted by molar-refractivity contribution is 6.04. The molecule has 2 N–H and O–H groups in total. The van der Waals surface area contributed by atoms with Crippen LogP contribution in [-0.2, 0) is 0 Å². The minimum absolute atomic E-state index is 0.134. The van der Waals surface area contributed by atoms with Crippen LogP contribution in [0.15, 0.2) is 66.9 Å². The van der Waals surface area contributed by atoms with Gasteiger partial charge in [-0.15, -0.1) is 0 Å². The van der Waals surface area contributed by atoms with Crippen LogP contribution in [0.25, 0.3) is 0 Å². The summed E-state index contributed by atoms with van der Waals surface area (Å²) in [6.45, 7) is 3.98. The van der Waals surface area contributed by atoms with E-state index in [9.17, 15) is 4.79 Å². The van der Waals surface area contributed by atoms with E-state index in [1.807, 2.05) is 50.2 Å². The summed E-state index contributed by atoms with van der Waals surface area (Å²) >= 11 is 0. The van der Waals surface area contributed by atoms with E-state index in [4.69, 9.17) is 9.47 Å². The first kappa shape index (κ1) is 19.2. The molecule has 0 unspecified atom stereocenters. The lowest BCUT2D eigenvalue weighted by atomic mass is 10.2. The SMILES string of the molecule is COc1ccccc1NC(=O)c1ccc(Nc2ccc(OC(C)C)cc2)nc1. The summed E-state index contributed by atoms with van der Waals surface area (Å²) in [6.07, 6.45) is 1.67. The Balaban J connectivity index is 1.63. The van der Waals surface area contributed by atoms with E-state index < -0.39 is 0 Å². The first-order valence-corrected chi connectivity index (χ1v) is 8.99. The Morgan fingerprint density at radius 2 is 1.75 bits per heavy atom. The van der Waals surface area contributed by atoms with Crippen molar-refractivity contribution >= 4 is 23.1 Å². The molecule has 0 bridgehead atoms. The molecule has 0 aliphatic rings. The predicted octanol–water partition coefficient (Wildman–Crippen LogP) is 4.87. The molecule has 1 heterocycles. The van der Waals surface area contributed by atoms with E-state index in [2.05, 4.69) is 15.6 Å². The molecule has 0 atom stereocenters. The van der Waals surface area contributed by atoms with Crippen LogP contribution in [0.4, 0.5) is 17.2 Å².